The normalized spacial score (nSPS) is 15.0. The average molecular weight is 263 g/mol. The molecule has 18 heavy (non-hydrogen) atoms. The Kier molecular flexibility index (Phi) is 4.84. The van der Waals surface area contributed by atoms with Crippen LogP contribution in [0.1, 0.15) is 6.92 Å². The monoisotopic (exact) mass is 263 g/mol. The van der Waals surface area contributed by atoms with E-state index in [2.05, 4.69) is 5.32 Å². The summed E-state index contributed by atoms with van der Waals surface area (Å²) in [5.41, 5.74) is 0.332. The van der Waals surface area contributed by atoms with Gasteiger partial charge < -0.3 is 15.2 Å². The van der Waals surface area contributed by atoms with Crippen molar-refractivity contribution in [3.63, 3.8) is 0 Å². The highest BCUT2D eigenvalue weighted by Crippen LogP contribution is 2.29. The molecule has 0 heterocycles. The molecule has 0 radical (unpaired) electrons. The molecule has 3 nitrogen and oxygen atoms in total. The molecule has 0 aliphatic carbocycles. The van der Waals surface area contributed by atoms with Crippen molar-refractivity contribution >= 4 is 5.69 Å². The number of ether oxygens (including phenoxy) is 1. The van der Waals surface area contributed by atoms with Crippen molar-refractivity contribution < 1.29 is 23.0 Å². The van der Waals surface area contributed by atoms with E-state index in [4.69, 9.17) is 9.84 Å². The van der Waals surface area contributed by atoms with Gasteiger partial charge in [0.1, 0.15) is 11.8 Å². The van der Waals surface area contributed by atoms with Crippen molar-refractivity contribution in [1.82, 2.24) is 0 Å². The van der Waals surface area contributed by atoms with Crippen LogP contribution in [0.2, 0.25) is 0 Å². The van der Waals surface area contributed by atoms with Crippen LogP contribution >= 0.6 is 0 Å². The Morgan fingerprint density at radius 3 is 2.22 bits per heavy atom. The zero-order chi connectivity index (χ0) is 13.8. The minimum absolute atomic E-state index is 0.332. The van der Waals surface area contributed by atoms with Crippen LogP contribution in [0, 0.1) is 5.92 Å². The third-order valence-corrected chi connectivity index (χ3v) is 2.62. The molecule has 0 fully saturated rings. The minimum atomic E-state index is -4.41. The molecule has 0 spiro atoms. The molecule has 0 bridgehead atoms. The summed E-state index contributed by atoms with van der Waals surface area (Å²) >= 11 is 0. The maximum Gasteiger partial charge on any atom is 0.408 e. The van der Waals surface area contributed by atoms with Crippen molar-refractivity contribution in [2.75, 3.05) is 19.0 Å². The van der Waals surface area contributed by atoms with Crippen molar-refractivity contribution in [1.29, 1.82) is 0 Å². The maximum atomic E-state index is 12.8. The van der Waals surface area contributed by atoms with Gasteiger partial charge in [-0.2, -0.15) is 13.2 Å². The van der Waals surface area contributed by atoms with Gasteiger partial charge in [0, 0.05) is 18.2 Å². The molecule has 6 heteroatoms. The molecule has 2 N–H and O–H groups in total. The fraction of sp³-hybridized carbons (Fsp3) is 0.500. The van der Waals surface area contributed by atoms with Gasteiger partial charge >= 0.3 is 6.18 Å². The molecule has 1 aromatic rings. The number of hydrogen-bond donors (Lipinski definition) is 2. The molecule has 0 aliphatic heterocycles. The van der Waals surface area contributed by atoms with E-state index < -0.39 is 24.7 Å². The van der Waals surface area contributed by atoms with Gasteiger partial charge in [0.15, 0.2) is 0 Å². The summed E-state index contributed by atoms with van der Waals surface area (Å²) in [6, 6.07) is 4.36. The van der Waals surface area contributed by atoms with Crippen LogP contribution < -0.4 is 10.1 Å². The predicted octanol–water partition coefficient (Wildman–Crippen LogP) is 2.67. The first-order valence-electron chi connectivity index (χ1n) is 5.46. The van der Waals surface area contributed by atoms with E-state index in [1.165, 1.54) is 26.2 Å². The fourth-order valence-corrected chi connectivity index (χ4v) is 1.52. The van der Waals surface area contributed by atoms with Gasteiger partial charge in [-0.15, -0.1) is 0 Å². The van der Waals surface area contributed by atoms with Gasteiger partial charge in [0.05, 0.1) is 7.11 Å². The molecule has 0 unspecified atom stereocenters. The first-order chi connectivity index (χ1) is 8.38. The lowest BCUT2D eigenvalue weighted by atomic mass is 10.0. The molecule has 0 aliphatic rings. The summed E-state index contributed by atoms with van der Waals surface area (Å²) in [5.74, 6) is -0.355. The first-order valence-corrected chi connectivity index (χ1v) is 5.46. The van der Waals surface area contributed by atoms with Gasteiger partial charge in [-0.3, -0.25) is 0 Å². The number of anilines is 1. The number of hydrogen-bond acceptors (Lipinski definition) is 3. The van der Waals surface area contributed by atoms with Crippen molar-refractivity contribution in [2.24, 2.45) is 5.92 Å². The minimum Gasteiger partial charge on any atom is -0.497 e. The van der Waals surface area contributed by atoms with Gasteiger partial charge in [-0.1, -0.05) is 6.92 Å². The topological polar surface area (TPSA) is 41.5 Å². The summed E-state index contributed by atoms with van der Waals surface area (Å²) in [5, 5.41) is 11.2. The maximum absolute atomic E-state index is 12.8. The fourth-order valence-electron chi connectivity index (χ4n) is 1.52. The van der Waals surface area contributed by atoms with Crippen LogP contribution in [0.15, 0.2) is 24.3 Å². The zero-order valence-corrected chi connectivity index (χ0v) is 10.2. The molecule has 1 rings (SSSR count). The zero-order valence-electron chi connectivity index (χ0n) is 10.2. The molecule has 0 aromatic heterocycles. The van der Waals surface area contributed by atoms with Crippen LogP contribution in [0.3, 0.4) is 0 Å². The number of methoxy groups -OCH3 is 1. The SMILES string of the molecule is COc1ccc(N[C@@H]([C@@H](C)CO)C(F)(F)F)cc1. The van der Waals surface area contributed by atoms with Gasteiger partial charge in [-0.05, 0) is 24.3 Å². The number of aliphatic hydroxyl groups is 1. The molecular weight excluding hydrogens is 247 g/mol. The van der Waals surface area contributed by atoms with Crippen LogP contribution in [0.4, 0.5) is 18.9 Å². The third-order valence-electron chi connectivity index (χ3n) is 2.62. The quantitative estimate of drug-likeness (QED) is 0.858. The number of halogens is 3. The van der Waals surface area contributed by atoms with Crippen LogP contribution in [-0.4, -0.2) is 31.0 Å². The van der Waals surface area contributed by atoms with E-state index in [0.29, 0.717) is 11.4 Å². The molecule has 2 atom stereocenters. The molecule has 0 saturated carbocycles. The third kappa shape index (κ3) is 3.80. The highest BCUT2D eigenvalue weighted by molar-refractivity contribution is 5.47. The molecule has 1 aromatic carbocycles. The Labute approximate surface area is 104 Å². The molecular formula is C12H16F3NO2. The van der Waals surface area contributed by atoms with E-state index in [0.717, 1.165) is 0 Å². The smallest absolute Gasteiger partial charge is 0.408 e. The second-order valence-corrected chi connectivity index (χ2v) is 4.05. The van der Waals surface area contributed by atoms with Crippen LogP contribution in [0.25, 0.3) is 0 Å². The number of aliphatic hydroxyl groups excluding tert-OH is 1. The number of nitrogens with one attached hydrogen (secondary N) is 1. The number of benzene rings is 1. The highest BCUT2D eigenvalue weighted by Gasteiger charge is 2.42. The average Bonchev–Trinajstić information content (AvgIpc) is 2.34. The van der Waals surface area contributed by atoms with Gasteiger partial charge in [0.25, 0.3) is 0 Å². The second-order valence-electron chi connectivity index (χ2n) is 4.05. The van der Waals surface area contributed by atoms with Gasteiger partial charge in [0.2, 0.25) is 0 Å². The number of alkyl halides is 3. The second kappa shape index (κ2) is 5.95. The first kappa shape index (κ1) is 14.6. The van der Waals surface area contributed by atoms with E-state index in [1.807, 2.05) is 0 Å². The lowest BCUT2D eigenvalue weighted by Crippen LogP contribution is -2.42. The van der Waals surface area contributed by atoms with E-state index in [-0.39, 0.29) is 0 Å². The summed E-state index contributed by atoms with van der Waals surface area (Å²) in [4.78, 5) is 0. The molecule has 0 saturated heterocycles. The Balaban J connectivity index is 2.82. The largest absolute Gasteiger partial charge is 0.497 e. The Morgan fingerprint density at radius 2 is 1.83 bits per heavy atom. The van der Waals surface area contributed by atoms with Crippen molar-refractivity contribution in [3.8, 4) is 5.75 Å². The van der Waals surface area contributed by atoms with Crippen LogP contribution in [0.5, 0.6) is 5.75 Å². The van der Waals surface area contributed by atoms with Crippen molar-refractivity contribution in [3.05, 3.63) is 24.3 Å². The van der Waals surface area contributed by atoms with Crippen molar-refractivity contribution in [2.45, 2.75) is 19.1 Å². The van der Waals surface area contributed by atoms with Crippen LogP contribution in [-0.2, 0) is 0 Å². The standard InChI is InChI=1S/C12H16F3NO2/c1-8(7-17)11(12(13,14)15)16-9-3-5-10(18-2)6-4-9/h3-6,8,11,16-17H,7H2,1-2H3/t8-,11-/m0/s1. The van der Waals surface area contributed by atoms with E-state index in [1.54, 1.807) is 12.1 Å². The molecule has 0 amide bonds. The lowest BCUT2D eigenvalue weighted by molar-refractivity contribution is -0.154. The highest BCUT2D eigenvalue weighted by atomic mass is 19.4. The Bertz CT molecular complexity index is 365. The Hall–Kier alpha value is -1.43. The summed E-state index contributed by atoms with van der Waals surface area (Å²) in [6.07, 6.45) is -4.41. The summed E-state index contributed by atoms with van der Waals surface area (Å²) < 4.78 is 43.3. The lowest BCUT2D eigenvalue weighted by Gasteiger charge is -2.27. The van der Waals surface area contributed by atoms with E-state index >= 15 is 0 Å². The Morgan fingerprint density at radius 1 is 1.28 bits per heavy atom. The summed E-state index contributed by atoms with van der Waals surface area (Å²) in [6.45, 7) is 0.808. The van der Waals surface area contributed by atoms with E-state index in [9.17, 15) is 13.2 Å². The number of rotatable bonds is 5. The predicted molar refractivity (Wildman–Crippen MR) is 62.7 cm³/mol. The van der Waals surface area contributed by atoms with Gasteiger partial charge in [-0.25, -0.2) is 0 Å². The molecule has 102 valence electrons. The summed E-state index contributed by atoms with van der Waals surface area (Å²) in [7, 11) is 1.48.